The lowest BCUT2D eigenvalue weighted by atomic mass is 9.83. The summed E-state index contributed by atoms with van der Waals surface area (Å²) in [5, 5.41) is 10.9. The molecule has 2 rings (SSSR count). The highest BCUT2D eigenvalue weighted by Gasteiger charge is 2.41. The van der Waals surface area contributed by atoms with E-state index in [1.807, 2.05) is 0 Å². The fourth-order valence-electron chi connectivity index (χ4n) is 2.02. The quantitative estimate of drug-likeness (QED) is 0.849. The van der Waals surface area contributed by atoms with Gasteiger partial charge in [0.2, 0.25) is 10.0 Å². The van der Waals surface area contributed by atoms with Crippen LogP contribution in [0.15, 0.2) is 16.3 Å². The van der Waals surface area contributed by atoms with Crippen molar-refractivity contribution in [1.82, 2.24) is 4.72 Å². The van der Waals surface area contributed by atoms with Crippen molar-refractivity contribution >= 4 is 38.9 Å². The van der Waals surface area contributed by atoms with Gasteiger partial charge in [0.15, 0.2) is 0 Å². The molecule has 1 unspecified atom stereocenters. The minimum absolute atomic E-state index is 0.00220. The number of thiophene rings is 1. The van der Waals surface area contributed by atoms with Gasteiger partial charge in [-0.1, -0.05) is 11.6 Å². The fourth-order valence-corrected chi connectivity index (χ4v) is 4.69. The van der Waals surface area contributed by atoms with Gasteiger partial charge in [0.1, 0.15) is 14.6 Å². The van der Waals surface area contributed by atoms with E-state index in [1.54, 1.807) is 5.38 Å². The van der Waals surface area contributed by atoms with Crippen LogP contribution in [0, 0.1) is 5.41 Å². The lowest BCUT2D eigenvalue weighted by Gasteiger charge is -2.32. The minimum atomic E-state index is -3.81. The van der Waals surface area contributed by atoms with Gasteiger partial charge in [-0.05, 0) is 24.3 Å². The summed E-state index contributed by atoms with van der Waals surface area (Å²) in [6, 6.07) is 1.39. The van der Waals surface area contributed by atoms with Gasteiger partial charge in [-0.25, -0.2) is 13.1 Å². The van der Waals surface area contributed by atoms with Crippen LogP contribution < -0.4 is 4.72 Å². The molecular weight excluding hydrogens is 326 g/mol. The first kappa shape index (κ1) is 15.7. The van der Waals surface area contributed by atoms with Gasteiger partial charge in [0, 0.05) is 13.2 Å². The molecule has 1 atom stereocenters. The van der Waals surface area contributed by atoms with Crippen molar-refractivity contribution in [3.05, 3.63) is 15.8 Å². The second-order valence-corrected chi connectivity index (χ2v) is 7.88. The molecule has 0 aromatic carbocycles. The van der Waals surface area contributed by atoms with Crippen molar-refractivity contribution in [2.45, 2.75) is 17.7 Å². The molecule has 0 amide bonds. The molecule has 1 aromatic rings. The zero-order valence-corrected chi connectivity index (χ0v) is 12.9. The average molecular weight is 340 g/mol. The molecule has 1 saturated heterocycles. The summed E-state index contributed by atoms with van der Waals surface area (Å²) in [4.78, 5) is 11.4. The second-order valence-electron chi connectivity index (χ2n) is 4.62. The van der Waals surface area contributed by atoms with E-state index in [2.05, 4.69) is 4.72 Å². The maximum absolute atomic E-state index is 12.1. The molecule has 20 heavy (non-hydrogen) atoms. The van der Waals surface area contributed by atoms with Crippen LogP contribution in [-0.2, 0) is 19.6 Å². The first-order valence-corrected chi connectivity index (χ1v) is 8.65. The van der Waals surface area contributed by atoms with E-state index in [9.17, 15) is 18.3 Å². The van der Waals surface area contributed by atoms with Crippen molar-refractivity contribution in [3.63, 3.8) is 0 Å². The summed E-state index contributed by atoms with van der Waals surface area (Å²) in [7, 11) is -3.81. The van der Waals surface area contributed by atoms with Crippen LogP contribution in [0.5, 0.6) is 0 Å². The van der Waals surface area contributed by atoms with E-state index in [1.165, 1.54) is 6.07 Å². The predicted octanol–water partition coefficient (Wildman–Crippen LogP) is 1.56. The number of aliphatic carboxylic acids is 1. The number of carbonyl (C=O) groups is 1. The van der Waals surface area contributed by atoms with Crippen LogP contribution in [0.3, 0.4) is 0 Å². The Balaban J connectivity index is 2.14. The normalized spacial score (nSPS) is 23.6. The highest BCUT2D eigenvalue weighted by atomic mass is 35.5. The maximum Gasteiger partial charge on any atom is 0.313 e. The molecule has 2 heterocycles. The Morgan fingerprint density at radius 2 is 2.35 bits per heavy atom. The first-order valence-electron chi connectivity index (χ1n) is 5.91. The Labute approximate surface area is 125 Å². The van der Waals surface area contributed by atoms with Gasteiger partial charge < -0.3 is 9.84 Å². The molecule has 0 aliphatic carbocycles. The number of halogens is 1. The molecule has 1 aliphatic heterocycles. The molecule has 0 spiro atoms. The van der Waals surface area contributed by atoms with Crippen molar-refractivity contribution in [1.29, 1.82) is 0 Å². The van der Waals surface area contributed by atoms with Crippen molar-refractivity contribution in [2.75, 3.05) is 19.8 Å². The number of carboxylic acids is 1. The third-order valence-corrected chi connectivity index (χ3v) is 6.11. The van der Waals surface area contributed by atoms with Crippen LogP contribution >= 0.6 is 22.9 Å². The monoisotopic (exact) mass is 339 g/mol. The van der Waals surface area contributed by atoms with Gasteiger partial charge >= 0.3 is 5.97 Å². The lowest BCUT2D eigenvalue weighted by Crippen LogP contribution is -2.48. The number of carboxylic acid groups (broad SMARTS) is 1. The zero-order valence-electron chi connectivity index (χ0n) is 10.5. The van der Waals surface area contributed by atoms with Gasteiger partial charge in [-0.2, -0.15) is 0 Å². The number of hydrogen-bond acceptors (Lipinski definition) is 5. The molecule has 1 aromatic heterocycles. The van der Waals surface area contributed by atoms with Crippen LogP contribution in [0.2, 0.25) is 4.34 Å². The highest BCUT2D eigenvalue weighted by Crippen LogP contribution is 2.30. The number of nitrogens with one attached hydrogen (secondary N) is 1. The Hall–Kier alpha value is -0.670. The summed E-state index contributed by atoms with van der Waals surface area (Å²) in [6.07, 6.45) is 0.968. The van der Waals surface area contributed by atoms with E-state index in [-0.39, 0.29) is 22.4 Å². The Bertz CT molecular complexity index is 592. The minimum Gasteiger partial charge on any atom is -0.481 e. The van der Waals surface area contributed by atoms with Crippen LogP contribution in [0.1, 0.15) is 12.8 Å². The molecule has 0 saturated carbocycles. The van der Waals surface area contributed by atoms with E-state index in [0.717, 1.165) is 11.3 Å². The van der Waals surface area contributed by atoms with E-state index in [4.69, 9.17) is 16.3 Å². The van der Waals surface area contributed by atoms with Gasteiger partial charge in [-0.15, -0.1) is 11.3 Å². The summed E-state index contributed by atoms with van der Waals surface area (Å²) >= 11 is 6.90. The Kier molecular flexibility index (Phi) is 4.70. The largest absolute Gasteiger partial charge is 0.481 e. The van der Waals surface area contributed by atoms with Crippen LogP contribution in [-0.4, -0.2) is 39.3 Å². The zero-order chi connectivity index (χ0) is 14.8. The van der Waals surface area contributed by atoms with Crippen LogP contribution in [0.25, 0.3) is 0 Å². The smallest absolute Gasteiger partial charge is 0.313 e. The number of hydrogen-bond donors (Lipinski definition) is 2. The third-order valence-electron chi connectivity index (χ3n) is 3.25. The van der Waals surface area contributed by atoms with Crippen molar-refractivity contribution in [2.24, 2.45) is 5.41 Å². The fraction of sp³-hybridized carbons (Fsp3) is 0.545. The standard InChI is InChI=1S/C11H14ClNO5S2/c12-9-8(2-5-19-9)20(16,17)13-6-11(10(14)15)3-1-4-18-7-11/h2,5,13H,1,3-4,6-7H2,(H,14,15). The summed E-state index contributed by atoms with van der Waals surface area (Å²) in [5.74, 6) is -1.06. The lowest BCUT2D eigenvalue weighted by molar-refractivity contribution is -0.156. The van der Waals surface area contributed by atoms with E-state index in [0.29, 0.717) is 19.4 Å². The molecule has 1 aliphatic rings. The van der Waals surface area contributed by atoms with Gasteiger partial charge in [-0.3, -0.25) is 4.79 Å². The Morgan fingerprint density at radius 1 is 1.60 bits per heavy atom. The predicted molar refractivity (Wildman–Crippen MR) is 74.6 cm³/mol. The Morgan fingerprint density at radius 3 is 2.85 bits per heavy atom. The molecule has 2 N–H and O–H groups in total. The van der Waals surface area contributed by atoms with Crippen molar-refractivity contribution < 1.29 is 23.1 Å². The average Bonchev–Trinajstić information content (AvgIpc) is 2.85. The number of sulfonamides is 1. The summed E-state index contributed by atoms with van der Waals surface area (Å²) in [6.45, 7) is 0.289. The molecule has 112 valence electrons. The van der Waals surface area contributed by atoms with Crippen LogP contribution in [0.4, 0.5) is 0 Å². The highest BCUT2D eigenvalue weighted by molar-refractivity contribution is 7.89. The molecule has 0 radical (unpaired) electrons. The van der Waals surface area contributed by atoms with E-state index < -0.39 is 21.4 Å². The number of rotatable bonds is 5. The van der Waals surface area contributed by atoms with E-state index >= 15 is 0 Å². The van der Waals surface area contributed by atoms with Gasteiger partial charge in [0.25, 0.3) is 0 Å². The van der Waals surface area contributed by atoms with Crippen molar-refractivity contribution in [3.8, 4) is 0 Å². The first-order chi connectivity index (χ1) is 9.37. The molecule has 6 nitrogen and oxygen atoms in total. The molecular formula is C11H14ClNO5S2. The van der Waals surface area contributed by atoms with Gasteiger partial charge in [0.05, 0.1) is 6.61 Å². The summed E-state index contributed by atoms with van der Waals surface area (Å²) < 4.78 is 31.9. The summed E-state index contributed by atoms with van der Waals surface area (Å²) in [5.41, 5.74) is -1.21. The number of ether oxygens (including phenoxy) is 1. The topological polar surface area (TPSA) is 92.7 Å². The molecule has 9 heteroatoms. The maximum atomic E-state index is 12.1. The molecule has 0 bridgehead atoms. The molecule has 1 fully saturated rings. The third kappa shape index (κ3) is 3.15. The second kappa shape index (κ2) is 5.98. The SMILES string of the molecule is O=C(O)C1(CNS(=O)(=O)c2ccsc2Cl)CCCOC1.